The minimum atomic E-state index is -0.884. The molecule has 4 saturated carbocycles. The zero-order valence-corrected chi connectivity index (χ0v) is 16.1. The molecule has 4 aliphatic rings. The van der Waals surface area contributed by atoms with Crippen LogP contribution >= 0.6 is 15.9 Å². The second-order valence-electron chi connectivity index (χ2n) is 8.78. The van der Waals surface area contributed by atoms with Gasteiger partial charge in [-0.05, 0) is 79.5 Å². The smallest absolute Gasteiger partial charge is 0.120 e. The van der Waals surface area contributed by atoms with Crippen molar-refractivity contribution in [2.75, 3.05) is 0 Å². The van der Waals surface area contributed by atoms with Crippen molar-refractivity contribution in [2.24, 2.45) is 23.2 Å². The van der Waals surface area contributed by atoms with E-state index in [4.69, 9.17) is 0 Å². The number of hydrogen-bond donors (Lipinski definition) is 1. The summed E-state index contributed by atoms with van der Waals surface area (Å²) in [6.45, 7) is 0. The zero-order valence-electron chi connectivity index (χ0n) is 14.5. The van der Waals surface area contributed by atoms with Crippen molar-refractivity contribution < 1.29 is 5.11 Å². The third-order valence-corrected chi connectivity index (χ3v) is 7.79. The largest absolute Gasteiger partial charge is 0.380 e. The van der Waals surface area contributed by atoms with E-state index in [0.29, 0.717) is 0 Å². The van der Waals surface area contributed by atoms with Crippen LogP contribution in [0, 0.1) is 23.2 Å². The van der Waals surface area contributed by atoms with Crippen LogP contribution in [0.4, 0.5) is 0 Å². The summed E-state index contributed by atoms with van der Waals surface area (Å²) in [6, 6.07) is 18.8. The Morgan fingerprint density at radius 3 is 1.76 bits per heavy atom. The van der Waals surface area contributed by atoms with E-state index in [1.54, 1.807) is 0 Å². The highest BCUT2D eigenvalue weighted by Gasteiger charge is 2.61. The highest BCUT2D eigenvalue weighted by atomic mass is 79.9. The lowest BCUT2D eigenvalue weighted by molar-refractivity contribution is -0.164. The first-order valence-electron chi connectivity index (χ1n) is 9.63. The van der Waals surface area contributed by atoms with Crippen LogP contribution in [-0.4, -0.2) is 5.11 Å². The highest BCUT2D eigenvalue weighted by molar-refractivity contribution is 9.10. The fraction of sp³-hybridized carbons (Fsp3) is 0.478. The average Bonchev–Trinajstić information content (AvgIpc) is 2.61. The van der Waals surface area contributed by atoms with E-state index in [1.807, 2.05) is 6.07 Å². The molecule has 4 aliphatic carbocycles. The Morgan fingerprint density at radius 1 is 0.760 bits per heavy atom. The summed E-state index contributed by atoms with van der Waals surface area (Å²) in [5.41, 5.74) is 1.24. The molecule has 1 N–H and O–H groups in total. The van der Waals surface area contributed by atoms with Crippen LogP contribution < -0.4 is 0 Å². The van der Waals surface area contributed by atoms with Gasteiger partial charge < -0.3 is 5.11 Å². The Balaban J connectivity index is 1.69. The SMILES string of the molecule is OC(c1ccccc1)(c1ccc(Br)cc1)C12CC3CC(CC(C3)C1)C2. The molecule has 0 aliphatic heterocycles. The van der Waals surface area contributed by atoms with Gasteiger partial charge in [-0.25, -0.2) is 0 Å². The van der Waals surface area contributed by atoms with E-state index in [2.05, 4.69) is 64.5 Å². The monoisotopic (exact) mass is 396 g/mol. The van der Waals surface area contributed by atoms with E-state index in [0.717, 1.165) is 33.4 Å². The molecule has 1 atom stereocenters. The molecule has 25 heavy (non-hydrogen) atoms. The fourth-order valence-electron chi connectivity index (χ4n) is 6.70. The summed E-state index contributed by atoms with van der Waals surface area (Å²) in [6.07, 6.45) is 7.72. The average molecular weight is 397 g/mol. The number of aliphatic hydroxyl groups is 1. The Morgan fingerprint density at radius 2 is 1.24 bits per heavy atom. The Bertz CT molecular complexity index is 731. The van der Waals surface area contributed by atoms with Crippen molar-refractivity contribution in [1.29, 1.82) is 0 Å². The van der Waals surface area contributed by atoms with Gasteiger partial charge in [0.05, 0.1) is 0 Å². The van der Waals surface area contributed by atoms with Gasteiger partial charge >= 0.3 is 0 Å². The summed E-state index contributed by atoms with van der Waals surface area (Å²) in [7, 11) is 0. The first-order valence-corrected chi connectivity index (χ1v) is 10.4. The van der Waals surface area contributed by atoms with Crippen LogP contribution in [0.3, 0.4) is 0 Å². The Labute approximate surface area is 158 Å². The molecule has 6 rings (SSSR count). The molecule has 4 fully saturated rings. The molecule has 2 aromatic carbocycles. The molecule has 130 valence electrons. The number of benzene rings is 2. The molecular formula is C23H25BrO. The summed E-state index contributed by atoms with van der Waals surface area (Å²) >= 11 is 3.55. The molecule has 4 bridgehead atoms. The van der Waals surface area contributed by atoms with Crippen LogP contribution in [0.5, 0.6) is 0 Å². The standard InChI is InChI=1S/C23H25BrO/c24-21-8-6-20(7-9-21)23(25,19-4-2-1-3-5-19)22-13-16-10-17(14-22)12-18(11-16)15-22/h1-9,16-18,25H,10-15H2. The predicted molar refractivity (Wildman–Crippen MR) is 104 cm³/mol. The minimum absolute atomic E-state index is 0.00304. The molecule has 2 heteroatoms. The molecule has 0 amide bonds. The normalized spacial score (nSPS) is 35.5. The topological polar surface area (TPSA) is 20.2 Å². The van der Waals surface area contributed by atoms with E-state index >= 15 is 0 Å². The maximum atomic E-state index is 12.4. The van der Waals surface area contributed by atoms with Gasteiger partial charge in [-0.3, -0.25) is 0 Å². The number of hydrogen-bond acceptors (Lipinski definition) is 1. The summed E-state index contributed by atoms with van der Waals surface area (Å²) in [5, 5.41) is 12.4. The summed E-state index contributed by atoms with van der Waals surface area (Å²) in [4.78, 5) is 0. The van der Waals surface area contributed by atoms with E-state index in [9.17, 15) is 5.11 Å². The van der Waals surface area contributed by atoms with Crippen LogP contribution in [0.2, 0.25) is 0 Å². The molecule has 0 radical (unpaired) electrons. The van der Waals surface area contributed by atoms with E-state index in [1.165, 1.54) is 38.5 Å². The lowest BCUT2D eigenvalue weighted by Crippen LogP contribution is -2.57. The van der Waals surface area contributed by atoms with Crippen molar-refractivity contribution >= 4 is 15.9 Å². The van der Waals surface area contributed by atoms with Gasteiger partial charge in [-0.1, -0.05) is 58.4 Å². The van der Waals surface area contributed by atoms with Crippen molar-refractivity contribution in [3.05, 3.63) is 70.2 Å². The molecule has 0 aromatic heterocycles. The molecule has 0 saturated heterocycles. The Hall–Kier alpha value is -1.12. The predicted octanol–water partition coefficient (Wildman–Crippen LogP) is 5.90. The van der Waals surface area contributed by atoms with Gasteiger partial charge in [0, 0.05) is 9.89 Å². The van der Waals surface area contributed by atoms with Gasteiger partial charge in [0.25, 0.3) is 0 Å². The maximum Gasteiger partial charge on any atom is 0.120 e. The van der Waals surface area contributed by atoms with Gasteiger partial charge in [-0.15, -0.1) is 0 Å². The number of halogens is 1. The van der Waals surface area contributed by atoms with Crippen LogP contribution in [0.25, 0.3) is 0 Å². The molecule has 0 heterocycles. The maximum absolute atomic E-state index is 12.4. The third kappa shape index (κ3) is 2.37. The third-order valence-electron chi connectivity index (χ3n) is 7.26. The van der Waals surface area contributed by atoms with Crippen molar-refractivity contribution in [2.45, 2.75) is 44.1 Å². The van der Waals surface area contributed by atoms with Crippen molar-refractivity contribution in [3.63, 3.8) is 0 Å². The molecule has 1 unspecified atom stereocenters. The van der Waals surface area contributed by atoms with E-state index < -0.39 is 5.60 Å². The molecule has 2 aromatic rings. The van der Waals surface area contributed by atoms with Crippen molar-refractivity contribution in [1.82, 2.24) is 0 Å². The summed E-state index contributed by atoms with van der Waals surface area (Å²) in [5.74, 6) is 2.45. The first-order chi connectivity index (χ1) is 12.1. The first kappa shape index (κ1) is 16.1. The lowest BCUT2D eigenvalue weighted by Gasteiger charge is -2.62. The number of rotatable bonds is 3. The summed E-state index contributed by atoms with van der Waals surface area (Å²) < 4.78 is 1.07. The van der Waals surface area contributed by atoms with Gasteiger partial charge in [0.15, 0.2) is 0 Å². The minimum Gasteiger partial charge on any atom is -0.380 e. The van der Waals surface area contributed by atoms with E-state index in [-0.39, 0.29) is 5.41 Å². The second-order valence-corrected chi connectivity index (χ2v) is 9.70. The van der Waals surface area contributed by atoms with Gasteiger partial charge in [0.1, 0.15) is 5.60 Å². The van der Waals surface area contributed by atoms with Crippen LogP contribution in [-0.2, 0) is 5.60 Å². The second kappa shape index (κ2) is 5.69. The molecule has 1 nitrogen and oxygen atoms in total. The lowest BCUT2D eigenvalue weighted by atomic mass is 9.44. The molecule has 0 spiro atoms. The van der Waals surface area contributed by atoms with Crippen molar-refractivity contribution in [3.8, 4) is 0 Å². The quantitative estimate of drug-likeness (QED) is 0.684. The zero-order chi connectivity index (χ0) is 17.1. The Kier molecular flexibility index (Phi) is 3.66. The fourth-order valence-corrected chi connectivity index (χ4v) is 6.97. The van der Waals surface area contributed by atoms with Gasteiger partial charge in [-0.2, -0.15) is 0 Å². The van der Waals surface area contributed by atoms with Crippen LogP contribution in [0.1, 0.15) is 49.7 Å². The highest BCUT2D eigenvalue weighted by Crippen LogP contribution is 2.67. The molecular weight excluding hydrogens is 372 g/mol. The van der Waals surface area contributed by atoms with Crippen LogP contribution in [0.15, 0.2) is 59.1 Å². The van der Waals surface area contributed by atoms with Gasteiger partial charge in [0.2, 0.25) is 0 Å².